The number of nitriles is 1. The molecule has 72 valence electrons. The molecule has 0 spiro atoms. The smallest absolute Gasteiger partial charge is 0.121 e. The van der Waals surface area contributed by atoms with Crippen molar-refractivity contribution in [2.45, 2.75) is 13.8 Å². The Morgan fingerprint density at radius 3 is 2.64 bits per heavy atom. The van der Waals surface area contributed by atoms with E-state index in [1.165, 1.54) is 0 Å². The molecule has 0 aliphatic carbocycles. The van der Waals surface area contributed by atoms with Gasteiger partial charge in [-0.2, -0.15) is 5.26 Å². The van der Waals surface area contributed by atoms with Crippen LogP contribution in [0.5, 0.6) is 0 Å². The van der Waals surface area contributed by atoms with Gasteiger partial charge in [-0.3, -0.25) is 0 Å². The van der Waals surface area contributed by atoms with Crippen LogP contribution in [0.15, 0.2) is 24.3 Å². The molecule has 0 saturated carbocycles. The first-order valence-electron chi connectivity index (χ1n) is 4.44. The molecule has 2 nitrogen and oxygen atoms in total. The number of allylic oxidation sites excluding steroid dienone is 1. The van der Waals surface area contributed by atoms with Gasteiger partial charge in [0.1, 0.15) is 5.76 Å². The van der Waals surface area contributed by atoms with Gasteiger partial charge in [-0.25, -0.2) is 0 Å². The van der Waals surface area contributed by atoms with Gasteiger partial charge in [-0.1, -0.05) is 0 Å². The second kappa shape index (κ2) is 4.48. The number of hydrogen-bond acceptors (Lipinski definition) is 2. The van der Waals surface area contributed by atoms with Crippen LogP contribution in [0.3, 0.4) is 0 Å². The first kappa shape index (κ1) is 10.3. The van der Waals surface area contributed by atoms with E-state index in [2.05, 4.69) is 6.07 Å². The molecule has 0 heterocycles. The van der Waals surface area contributed by atoms with Crippen LogP contribution in [0.2, 0.25) is 0 Å². The molecule has 2 heteroatoms. The third-order valence-electron chi connectivity index (χ3n) is 2.11. The number of methoxy groups -OCH3 is 1. The molecule has 0 aliphatic heterocycles. The summed E-state index contributed by atoms with van der Waals surface area (Å²) in [4.78, 5) is 0. The lowest BCUT2D eigenvalue weighted by Crippen LogP contribution is -1.90. The number of aryl methyl sites for hydroxylation is 1. The molecule has 0 aliphatic rings. The van der Waals surface area contributed by atoms with Crippen molar-refractivity contribution in [3.05, 3.63) is 41.0 Å². The van der Waals surface area contributed by atoms with Crippen LogP contribution in [0.25, 0.3) is 5.76 Å². The van der Waals surface area contributed by atoms with Crippen molar-refractivity contribution in [3.63, 3.8) is 0 Å². The van der Waals surface area contributed by atoms with E-state index in [1.54, 1.807) is 7.11 Å². The highest BCUT2D eigenvalue weighted by atomic mass is 16.5. The fourth-order valence-corrected chi connectivity index (χ4v) is 1.34. The monoisotopic (exact) mass is 187 g/mol. The topological polar surface area (TPSA) is 33.0 Å². The van der Waals surface area contributed by atoms with E-state index in [9.17, 15) is 0 Å². The first-order valence-corrected chi connectivity index (χ1v) is 4.44. The molecular formula is C12H13NO. The summed E-state index contributed by atoms with van der Waals surface area (Å²) in [7, 11) is 1.64. The molecule has 0 N–H and O–H groups in total. The minimum absolute atomic E-state index is 0.709. The number of hydrogen-bond donors (Lipinski definition) is 0. The number of rotatable bonds is 2. The lowest BCUT2D eigenvalue weighted by Gasteiger charge is -2.06. The first-order chi connectivity index (χ1) is 6.72. The van der Waals surface area contributed by atoms with Crippen molar-refractivity contribution >= 4 is 5.76 Å². The molecule has 0 atom stereocenters. The van der Waals surface area contributed by atoms with Crippen LogP contribution in [0.4, 0.5) is 0 Å². The predicted molar refractivity (Wildman–Crippen MR) is 56.6 cm³/mol. The summed E-state index contributed by atoms with van der Waals surface area (Å²) in [6.07, 6.45) is 1.90. The average Bonchev–Trinajstić information content (AvgIpc) is 2.20. The lowest BCUT2D eigenvalue weighted by atomic mass is 10.0. The molecule has 1 aromatic rings. The third-order valence-corrected chi connectivity index (χ3v) is 2.11. The van der Waals surface area contributed by atoms with Gasteiger partial charge in [0.15, 0.2) is 0 Å². The Kier molecular flexibility index (Phi) is 3.30. The minimum Gasteiger partial charge on any atom is -0.496 e. The maximum Gasteiger partial charge on any atom is 0.121 e. The molecule has 1 rings (SSSR count). The Balaban J connectivity index is 3.16. The molecule has 0 saturated heterocycles. The van der Waals surface area contributed by atoms with E-state index in [1.807, 2.05) is 38.1 Å². The molecule has 0 bridgehead atoms. The van der Waals surface area contributed by atoms with Crippen LogP contribution in [0, 0.1) is 18.3 Å². The Bertz CT molecular complexity index is 399. The molecule has 0 radical (unpaired) electrons. The van der Waals surface area contributed by atoms with Gasteiger partial charge < -0.3 is 4.74 Å². The normalized spacial score (nSPS) is 10.9. The maximum absolute atomic E-state index is 8.77. The van der Waals surface area contributed by atoms with Gasteiger partial charge in [0.05, 0.1) is 18.7 Å². The molecule has 0 fully saturated rings. The summed E-state index contributed by atoms with van der Waals surface area (Å²) in [5.41, 5.74) is 2.69. The van der Waals surface area contributed by atoms with Crippen molar-refractivity contribution in [3.8, 4) is 6.07 Å². The SMILES string of the molecule is C/C=C(\OC)c1ccc(C#N)c(C)c1. The number of ether oxygens (including phenoxy) is 1. The van der Waals surface area contributed by atoms with Gasteiger partial charge in [0.25, 0.3) is 0 Å². The van der Waals surface area contributed by atoms with Crippen LogP contribution in [-0.2, 0) is 4.74 Å². The molecule has 1 aromatic carbocycles. The van der Waals surface area contributed by atoms with Crippen molar-refractivity contribution < 1.29 is 4.74 Å². The summed E-state index contributed by atoms with van der Waals surface area (Å²) < 4.78 is 5.19. The fourth-order valence-electron chi connectivity index (χ4n) is 1.34. The standard InChI is InChI=1S/C12H13NO/c1-4-12(14-3)10-5-6-11(8-13)9(2)7-10/h4-7H,1-3H3/b12-4-. The third kappa shape index (κ3) is 1.94. The van der Waals surface area contributed by atoms with E-state index in [0.717, 1.165) is 16.9 Å². The van der Waals surface area contributed by atoms with Crippen LogP contribution < -0.4 is 0 Å². The lowest BCUT2D eigenvalue weighted by molar-refractivity contribution is 0.369. The molecule has 14 heavy (non-hydrogen) atoms. The summed E-state index contributed by atoms with van der Waals surface area (Å²) in [6.45, 7) is 3.84. The van der Waals surface area contributed by atoms with Gasteiger partial charge in [0, 0.05) is 5.56 Å². The second-order valence-electron chi connectivity index (χ2n) is 3.00. The zero-order valence-electron chi connectivity index (χ0n) is 8.66. The van der Waals surface area contributed by atoms with Gasteiger partial charge in [-0.15, -0.1) is 0 Å². The quantitative estimate of drug-likeness (QED) is 0.667. The summed E-state index contributed by atoms with van der Waals surface area (Å²) in [6, 6.07) is 7.80. The van der Waals surface area contributed by atoms with E-state index in [-0.39, 0.29) is 0 Å². The summed E-state index contributed by atoms with van der Waals surface area (Å²) >= 11 is 0. The van der Waals surface area contributed by atoms with Crippen LogP contribution in [0.1, 0.15) is 23.6 Å². The number of nitrogens with zero attached hydrogens (tertiary/aromatic N) is 1. The Hall–Kier alpha value is -1.75. The van der Waals surface area contributed by atoms with Crippen LogP contribution >= 0.6 is 0 Å². The van der Waals surface area contributed by atoms with Crippen molar-refractivity contribution in [1.82, 2.24) is 0 Å². The fraction of sp³-hybridized carbons (Fsp3) is 0.250. The van der Waals surface area contributed by atoms with Gasteiger partial charge in [0.2, 0.25) is 0 Å². The highest BCUT2D eigenvalue weighted by Gasteiger charge is 2.02. The maximum atomic E-state index is 8.77. The summed E-state index contributed by atoms with van der Waals surface area (Å²) in [5, 5.41) is 8.77. The van der Waals surface area contributed by atoms with Crippen molar-refractivity contribution in [1.29, 1.82) is 5.26 Å². The Morgan fingerprint density at radius 2 is 2.21 bits per heavy atom. The zero-order valence-corrected chi connectivity index (χ0v) is 8.66. The molecule has 0 aromatic heterocycles. The van der Waals surface area contributed by atoms with Gasteiger partial charge >= 0.3 is 0 Å². The van der Waals surface area contributed by atoms with E-state index in [0.29, 0.717) is 5.56 Å². The van der Waals surface area contributed by atoms with Crippen molar-refractivity contribution in [2.75, 3.05) is 7.11 Å². The van der Waals surface area contributed by atoms with Crippen LogP contribution in [-0.4, -0.2) is 7.11 Å². The Labute approximate surface area is 84.4 Å². The Morgan fingerprint density at radius 1 is 1.50 bits per heavy atom. The van der Waals surface area contributed by atoms with Gasteiger partial charge in [-0.05, 0) is 43.7 Å². The van der Waals surface area contributed by atoms with E-state index < -0.39 is 0 Å². The number of benzene rings is 1. The molecule has 0 amide bonds. The highest BCUT2D eigenvalue weighted by molar-refractivity contribution is 5.61. The van der Waals surface area contributed by atoms with Crippen molar-refractivity contribution in [2.24, 2.45) is 0 Å². The van der Waals surface area contributed by atoms with E-state index in [4.69, 9.17) is 10.00 Å². The minimum atomic E-state index is 0.709. The van der Waals surface area contributed by atoms with E-state index >= 15 is 0 Å². The largest absolute Gasteiger partial charge is 0.496 e. The second-order valence-corrected chi connectivity index (χ2v) is 3.00. The molecule has 0 unspecified atom stereocenters. The highest BCUT2D eigenvalue weighted by Crippen LogP contribution is 2.18. The average molecular weight is 187 g/mol. The molecular weight excluding hydrogens is 174 g/mol. The predicted octanol–water partition coefficient (Wildman–Crippen LogP) is 2.87. The summed E-state index contributed by atoms with van der Waals surface area (Å²) in [5.74, 6) is 0.831. The zero-order chi connectivity index (χ0) is 10.6.